The molecule has 22 heavy (non-hydrogen) atoms. The predicted molar refractivity (Wildman–Crippen MR) is 77.1 cm³/mol. The highest BCUT2D eigenvalue weighted by molar-refractivity contribution is 7.89. The smallest absolute Gasteiger partial charge is 0.255 e. The molecule has 3 N–H and O–H groups in total. The van der Waals surface area contributed by atoms with Gasteiger partial charge >= 0.3 is 0 Å². The van der Waals surface area contributed by atoms with Crippen molar-refractivity contribution < 1.29 is 22.0 Å². The molecule has 0 aliphatic rings. The Balaban J connectivity index is 2.32. The number of anilines is 1. The van der Waals surface area contributed by atoms with Gasteiger partial charge < -0.3 is 5.32 Å². The van der Waals surface area contributed by atoms with E-state index in [0.717, 1.165) is 24.3 Å². The Bertz CT molecular complexity index is 856. The molecule has 0 aliphatic heterocycles. The summed E-state index contributed by atoms with van der Waals surface area (Å²) >= 11 is 5.70. The Kier molecular flexibility index (Phi) is 4.45. The Hall–Kier alpha value is -2.03. The van der Waals surface area contributed by atoms with Gasteiger partial charge in [0.15, 0.2) is 11.6 Å². The summed E-state index contributed by atoms with van der Waals surface area (Å²) in [6, 6.07) is 6.26. The van der Waals surface area contributed by atoms with Crippen LogP contribution in [0.1, 0.15) is 10.4 Å². The second-order valence-corrected chi connectivity index (χ2v) is 6.21. The average Bonchev–Trinajstić information content (AvgIpc) is 2.42. The van der Waals surface area contributed by atoms with Gasteiger partial charge in [0.2, 0.25) is 10.0 Å². The Morgan fingerprint density at radius 3 is 2.36 bits per heavy atom. The lowest BCUT2D eigenvalue weighted by Gasteiger charge is -2.08. The van der Waals surface area contributed by atoms with Gasteiger partial charge in [0, 0.05) is 17.3 Å². The first-order chi connectivity index (χ1) is 10.2. The van der Waals surface area contributed by atoms with E-state index in [4.69, 9.17) is 16.7 Å². The number of primary sulfonamides is 1. The number of sulfonamides is 1. The van der Waals surface area contributed by atoms with Gasteiger partial charge in [0.1, 0.15) is 4.90 Å². The van der Waals surface area contributed by atoms with Crippen molar-refractivity contribution in [2.75, 3.05) is 5.32 Å². The van der Waals surface area contributed by atoms with Crippen molar-refractivity contribution >= 4 is 33.2 Å². The van der Waals surface area contributed by atoms with Crippen LogP contribution < -0.4 is 10.5 Å². The van der Waals surface area contributed by atoms with Crippen LogP contribution in [0.3, 0.4) is 0 Å². The Labute approximate surface area is 129 Å². The minimum atomic E-state index is -4.10. The Morgan fingerprint density at radius 1 is 1.09 bits per heavy atom. The minimum absolute atomic E-state index is 0.0102. The average molecular weight is 347 g/mol. The number of benzene rings is 2. The fraction of sp³-hybridized carbons (Fsp3) is 0. The predicted octanol–water partition coefficient (Wildman–Crippen LogP) is 2.52. The van der Waals surface area contributed by atoms with E-state index in [9.17, 15) is 22.0 Å². The molecule has 2 rings (SSSR count). The van der Waals surface area contributed by atoms with Crippen molar-refractivity contribution in [3.8, 4) is 0 Å². The number of amides is 1. The highest BCUT2D eigenvalue weighted by Crippen LogP contribution is 2.22. The third-order valence-electron chi connectivity index (χ3n) is 2.68. The van der Waals surface area contributed by atoms with Crippen LogP contribution >= 0.6 is 11.6 Å². The number of rotatable bonds is 3. The molecule has 0 spiro atoms. The second-order valence-electron chi connectivity index (χ2n) is 4.27. The number of halogens is 3. The molecule has 116 valence electrons. The van der Waals surface area contributed by atoms with Gasteiger partial charge in [-0.2, -0.15) is 0 Å². The largest absolute Gasteiger partial charge is 0.322 e. The minimum Gasteiger partial charge on any atom is -0.322 e. The monoisotopic (exact) mass is 346 g/mol. The Morgan fingerprint density at radius 2 is 1.77 bits per heavy atom. The number of nitrogens with one attached hydrogen (secondary N) is 1. The third kappa shape index (κ3) is 3.59. The van der Waals surface area contributed by atoms with Crippen LogP contribution in [0.25, 0.3) is 0 Å². The summed E-state index contributed by atoms with van der Waals surface area (Å²) in [5, 5.41) is 7.15. The molecular weight excluding hydrogens is 338 g/mol. The number of hydrogen-bond acceptors (Lipinski definition) is 3. The van der Waals surface area contributed by atoms with Gasteiger partial charge in [0.25, 0.3) is 5.91 Å². The molecule has 5 nitrogen and oxygen atoms in total. The van der Waals surface area contributed by atoms with Gasteiger partial charge in [-0.25, -0.2) is 22.3 Å². The molecule has 0 heterocycles. The first-order valence-electron chi connectivity index (χ1n) is 5.77. The van der Waals surface area contributed by atoms with Gasteiger partial charge in [-0.1, -0.05) is 11.6 Å². The second kappa shape index (κ2) is 5.99. The zero-order valence-electron chi connectivity index (χ0n) is 10.8. The SMILES string of the molecule is NS(=O)(=O)c1cc(C(=O)Nc2ccc(F)c(F)c2)ccc1Cl. The number of nitrogens with two attached hydrogens (primary N) is 1. The van der Waals surface area contributed by atoms with Crippen molar-refractivity contribution in [2.45, 2.75) is 4.90 Å². The summed E-state index contributed by atoms with van der Waals surface area (Å²) in [5.41, 5.74) is -0.0471. The summed E-state index contributed by atoms with van der Waals surface area (Å²) < 4.78 is 48.5. The van der Waals surface area contributed by atoms with Crippen LogP contribution in [0.4, 0.5) is 14.5 Å². The highest BCUT2D eigenvalue weighted by Gasteiger charge is 2.16. The normalized spacial score (nSPS) is 11.3. The van der Waals surface area contributed by atoms with Crippen LogP contribution in [0.2, 0.25) is 5.02 Å². The van der Waals surface area contributed by atoms with E-state index in [1.54, 1.807) is 0 Å². The summed E-state index contributed by atoms with van der Waals surface area (Å²) in [4.78, 5) is 11.6. The molecular formula is C13H9ClF2N2O3S. The van der Waals surface area contributed by atoms with E-state index < -0.39 is 32.5 Å². The molecule has 0 atom stereocenters. The summed E-state index contributed by atoms with van der Waals surface area (Å²) in [6.07, 6.45) is 0. The standard InChI is InChI=1S/C13H9ClF2N2O3S/c14-9-3-1-7(5-12(9)22(17,20)21)13(19)18-8-2-4-10(15)11(16)6-8/h1-6H,(H,18,19)(H2,17,20,21). The van der Waals surface area contributed by atoms with Crippen LogP contribution in [0.5, 0.6) is 0 Å². The fourth-order valence-electron chi connectivity index (χ4n) is 1.64. The molecule has 9 heteroatoms. The topological polar surface area (TPSA) is 89.3 Å². The summed E-state index contributed by atoms with van der Waals surface area (Å²) in [6.45, 7) is 0. The van der Waals surface area contributed by atoms with E-state index in [1.807, 2.05) is 0 Å². The molecule has 0 aliphatic carbocycles. The molecule has 2 aromatic rings. The number of carbonyl (C=O) groups is 1. The quantitative estimate of drug-likeness (QED) is 0.894. The van der Waals surface area contributed by atoms with Gasteiger partial charge in [-0.05, 0) is 30.3 Å². The van der Waals surface area contributed by atoms with E-state index in [1.165, 1.54) is 12.1 Å². The van der Waals surface area contributed by atoms with Crippen molar-refractivity contribution in [1.29, 1.82) is 0 Å². The van der Waals surface area contributed by atoms with Crippen molar-refractivity contribution in [1.82, 2.24) is 0 Å². The van der Waals surface area contributed by atoms with Crippen LogP contribution in [-0.2, 0) is 10.0 Å². The van der Waals surface area contributed by atoms with Crippen LogP contribution in [0.15, 0.2) is 41.3 Å². The lowest BCUT2D eigenvalue weighted by Crippen LogP contribution is -2.16. The van der Waals surface area contributed by atoms with Gasteiger partial charge in [-0.15, -0.1) is 0 Å². The molecule has 0 unspecified atom stereocenters. The van der Waals surface area contributed by atoms with E-state index in [2.05, 4.69) is 5.32 Å². The molecule has 1 amide bonds. The first-order valence-corrected chi connectivity index (χ1v) is 7.69. The highest BCUT2D eigenvalue weighted by atomic mass is 35.5. The molecule has 0 radical (unpaired) electrons. The van der Waals surface area contributed by atoms with E-state index >= 15 is 0 Å². The van der Waals surface area contributed by atoms with Gasteiger partial charge in [-0.3, -0.25) is 4.79 Å². The maximum absolute atomic E-state index is 13.1. The zero-order valence-corrected chi connectivity index (χ0v) is 12.4. The van der Waals surface area contributed by atoms with Crippen molar-refractivity contribution in [3.05, 3.63) is 58.6 Å². The molecule has 0 saturated heterocycles. The molecule has 0 aromatic heterocycles. The van der Waals surface area contributed by atoms with E-state index in [-0.39, 0.29) is 16.3 Å². The molecule has 0 bridgehead atoms. The maximum Gasteiger partial charge on any atom is 0.255 e. The zero-order chi connectivity index (χ0) is 16.5. The summed E-state index contributed by atoms with van der Waals surface area (Å²) in [5.74, 6) is -2.91. The van der Waals surface area contributed by atoms with Crippen LogP contribution in [0, 0.1) is 11.6 Å². The molecule has 0 fully saturated rings. The first kappa shape index (κ1) is 16.3. The molecule has 2 aromatic carbocycles. The van der Waals surface area contributed by atoms with Crippen LogP contribution in [-0.4, -0.2) is 14.3 Å². The van der Waals surface area contributed by atoms with Crippen molar-refractivity contribution in [2.24, 2.45) is 5.14 Å². The number of carbonyl (C=O) groups excluding carboxylic acids is 1. The molecule has 0 saturated carbocycles. The number of hydrogen-bond donors (Lipinski definition) is 2. The lowest BCUT2D eigenvalue weighted by atomic mass is 10.2. The fourth-order valence-corrected chi connectivity index (χ4v) is 2.71. The lowest BCUT2D eigenvalue weighted by molar-refractivity contribution is 0.102. The van der Waals surface area contributed by atoms with E-state index in [0.29, 0.717) is 0 Å². The maximum atomic E-state index is 13.1. The summed E-state index contributed by atoms with van der Waals surface area (Å²) in [7, 11) is -4.10. The van der Waals surface area contributed by atoms with Gasteiger partial charge in [0.05, 0.1) is 5.02 Å². The van der Waals surface area contributed by atoms with Crippen molar-refractivity contribution in [3.63, 3.8) is 0 Å². The third-order valence-corrected chi connectivity index (χ3v) is 4.07.